The third kappa shape index (κ3) is 1.79. The molecule has 0 aliphatic carbocycles. The van der Waals surface area contributed by atoms with Crippen LogP contribution in [0.3, 0.4) is 0 Å². The van der Waals surface area contributed by atoms with E-state index >= 15 is 0 Å². The van der Waals surface area contributed by atoms with Crippen molar-refractivity contribution in [3.63, 3.8) is 0 Å². The summed E-state index contributed by atoms with van der Waals surface area (Å²) in [6, 6.07) is 12.2. The average Bonchev–Trinajstić information content (AvgIpc) is 3.03. The summed E-state index contributed by atoms with van der Waals surface area (Å²) in [7, 11) is 0. The number of imidazole rings is 1. The van der Waals surface area contributed by atoms with Crippen LogP contribution in [0.2, 0.25) is 0 Å². The number of nitrogen functional groups attached to an aromatic ring is 1. The van der Waals surface area contributed by atoms with Crippen molar-refractivity contribution in [2.24, 2.45) is 0 Å². The Morgan fingerprint density at radius 3 is 3.00 bits per heavy atom. The lowest BCUT2D eigenvalue weighted by Gasteiger charge is -2.07. The summed E-state index contributed by atoms with van der Waals surface area (Å²) in [6.45, 7) is 0.950. The van der Waals surface area contributed by atoms with Crippen LogP contribution in [0.15, 0.2) is 36.4 Å². The second-order valence-corrected chi connectivity index (χ2v) is 5.16. The quantitative estimate of drug-likeness (QED) is 0.664. The minimum atomic E-state index is 0.448. The van der Waals surface area contributed by atoms with Crippen LogP contribution < -0.4 is 11.1 Å². The number of nitrogens with zero attached hydrogens (tertiary/aromatic N) is 2. The summed E-state index contributed by atoms with van der Waals surface area (Å²) < 4.78 is 0. The van der Waals surface area contributed by atoms with E-state index in [0.717, 1.165) is 24.3 Å². The first-order valence-corrected chi connectivity index (χ1v) is 6.73. The molecule has 5 nitrogen and oxygen atoms in total. The number of rotatable bonds is 2. The third-order valence-electron chi connectivity index (χ3n) is 3.80. The zero-order valence-electron chi connectivity index (χ0n) is 10.9. The minimum absolute atomic E-state index is 0.448. The van der Waals surface area contributed by atoms with Gasteiger partial charge in [-0.25, -0.2) is 9.97 Å². The lowest BCUT2D eigenvalue weighted by Crippen LogP contribution is -2.06. The van der Waals surface area contributed by atoms with Crippen LogP contribution in [-0.4, -0.2) is 21.5 Å². The first-order chi connectivity index (χ1) is 9.79. The van der Waals surface area contributed by atoms with E-state index in [9.17, 15) is 0 Å². The van der Waals surface area contributed by atoms with Gasteiger partial charge in [-0.3, -0.25) is 0 Å². The number of H-pyrrole nitrogens is 1. The van der Waals surface area contributed by atoms with E-state index in [4.69, 9.17) is 5.73 Å². The predicted molar refractivity (Wildman–Crippen MR) is 79.7 cm³/mol. The number of aromatic amines is 1. The Morgan fingerprint density at radius 1 is 1.15 bits per heavy atom. The molecule has 4 N–H and O–H groups in total. The van der Waals surface area contributed by atoms with Crippen LogP contribution in [0.1, 0.15) is 17.3 Å². The predicted octanol–water partition coefficient (Wildman–Crippen LogP) is 2.29. The molecule has 1 unspecified atom stereocenters. The standard InChI is InChI=1S/C15H15N5/c16-13-6-5-12-15(19-13)20-14(18-12)7-9-8-17-11-4-2-1-3-10(9)11/h1-6,9,17H,7-8H2,(H3,16,18,19,20). The van der Waals surface area contributed by atoms with Gasteiger partial charge in [0.05, 0.1) is 5.52 Å². The molecule has 1 aromatic carbocycles. The van der Waals surface area contributed by atoms with Crippen molar-refractivity contribution < 1.29 is 0 Å². The van der Waals surface area contributed by atoms with Gasteiger partial charge in [0, 0.05) is 24.6 Å². The molecule has 100 valence electrons. The van der Waals surface area contributed by atoms with Gasteiger partial charge < -0.3 is 16.0 Å². The summed E-state index contributed by atoms with van der Waals surface area (Å²) in [6.07, 6.45) is 0.875. The molecule has 3 aromatic rings. The number of hydrogen-bond donors (Lipinski definition) is 3. The topological polar surface area (TPSA) is 79.6 Å². The van der Waals surface area contributed by atoms with Gasteiger partial charge in [-0.2, -0.15) is 0 Å². The molecule has 3 heterocycles. The number of nitrogens with two attached hydrogens (primary N) is 1. The van der Waals surface area contributed by atoms with E-state index in [1.807, 2.05) is 6.07 Å². The zero-order chi connectivity index (χ0) is 13.5. The van der Waals surface area contributed by atoms with Crippen molar-refractivity contribution in [3.05, 3.63) is 47.8 Å². The van der Waals surface area contributed by atoms with E-state index in [1.54, 1.807) is 6.07 Å². The molecule has 2 aromatic heterocycles. The lowest BCUT2D eigenvalue weighted by atomic mass is 9.98. The van der Waals surface area contributed by atoms with Crippen LogP contribution in [0.5, 0.6) is 0 Å². The smallest absolute Gasteiger partial charge is 0.179 e. The van der Waals surface area contributed by atoms with Crippen LogP contribution >= 0.6 is 0 Å². The van der Waals surface area contributed by atoms with Crippen LogP contribution in [0, 0.1) is 0 Å². The number of benzene rings is 1. The van der Waals surface area contributed by atoms with Gasteiger partial charge in [0.15, 0.2) is 5.65 Å². The number of nitrogens with one attached hydrogen (secondary N) is 2. The third-order valence-corrected chi connectivity index (χ3v) is 3.80. The summed E-state index contributed by atoms with van der Waals surface area (Å²) in [5.74, 6) is 1.91. The molecular formula is C15H15N5. The normalized spacial score (nSPS) is 17.1. The molecule has 0 saturated heterocycles. The SMILES string of the molecule is Nc1ccc2[nH]c(CC3CNc4ccccc43)nc2n1. The van der Waals surface area contributed by atoms with Crippen LogP contribution in [-0.2, 0) is 6.42 Å². The van der Waals surface area contributed by atoms with E-state index in [0.29, 0.717) is 17.4 Å². The lowest BCUT2D eigenvalue weighted by molar-refractivity contribution is 0.723. The number of aromatic nitrogens is 3. The number of hydrogen-bond acceptors (Lipinski definition) is 4. The molecule has 0 spiro atoms. The monoisotopic (exact) mass is 265 g/mol. The fraction of sp³-hybridized carbons (Fsp3) is 0.200. The molecule has 0 radical (unpaired) electrons. The fourth-order valence-corrected chi connectivity index (χ4v) is 2.83. The first-order valence-electron chi connectivity index (χ1n) is 6.73. The Hall–Kier alpha value is -2.56. The molecule has 4 rings (SSSR count). The number of anilines is 2. The number of para-hydroxylation sites is 1. The highest BCUT2D eigenvalue weighted by Crippen LogP contribution is 2.33. The maximum atomic E-state index is 5.68. The maximum Gasteiger partial charge on any atom is 0.179 e. The maximum absolute atomic E-state index is 5.68. The van der Waals surface area contributed by atoms with Crippen molar-refractivity contribution >= 4 is 22.7 Å². The van der Waals surface area contributed by atoms with Crippen LogP contribution in [0.4, 0.5) is 11.5 Å². The molecule has 0 saturated carbocycles. The molecule has 0 amide bonds. The van der Waals surface area contributed by atoms with Gasteiger partial charge in [-0.05, 0) is 23.8 Å². The fourth-order valence-electron chi connectivity index (χ4n) is 2.83. The minimum Gasteiger partial charge on any atom is -0.384 e. The molecule has 0 fully saturated rings. The summed E-state index contributed by atoms with van der Waals surface area (Å²) in [4.78, 5) is 12.1. The molecule has 1 atom stereocenters. The highest BCUT2D eigenvalue weighted by atomic mass is 15.0. The summed E-state index contributed by atoms with van der Waals surface area (Å²) >= 11 is 0. The van der Waals surface area contributed by atoms with Crippen molar-refractivity contribution in [1.29, 1.82) is 0 Å². The highest BCUT2D eigenvalue weighted by molar-refractivity contribution is 5.72. The molecule has 1 aliphatic heterocycles. The largest absolute Gasteiger partial charge is 0.384 e. The Kier molecular flexibility index (Phi) is 2.39. The average molecular weight is 265 g/mol. The molecular weight excluding hydrogens is 250 g/mol. The van der Waals surface area contributed by atoms with Gasteiger partial charge >= 0.3 is 0 Å². The highest BCUT2D eigenvalue weighted by Gasteiger charge is 2.22. The van der Waals surface area contributed by atoms with E-state index in [1.165, 1.54) is 11.3 Å². The van der Waals surface area contributed by atoms with Crippen molar-refractivity contribution in [2.45, 2.75) is 12.3 Å². The number of pyridine rings is 1. The Balaban J connectivity index is 1.65. The van der Waals surface area contributed by atoms with Gasteiger partial charge in [0.25, 0.3) is 0 Å². The van der Waals surface area contributed by atoms with Crippen molar-refractivity contribution in [3.8, 4) is 0 Å². The first kappa shape index (κ1) is 11.3. The van der Waals surface area contributed by atoms with Crippen molar-refractivity contribution in [1.82, 2.24) is 15.0 Å². The van der Waals surface area contributed by atoms with Gasteiger partial charge in [-0.15, -0.1) is 0 Å². The zero-order valence-corrected chi connectivity index (χ0v) is 10.9. The molecule has 0 bridgehead atoms. The van der Waals surface area contributed by atoms with Gasteiger partial charge in [0.1, 0.15) is 11.6 Å². The van der Waals surface area contributed by atoms with Gasteiger partial charge in [0.2, 0.25) is 0 Å². The second kappa shape index (κ2) is 4.23. The molecule has 20 heavy (non-hydrogen) atoms. The molecule has 1 aliphatic rings. The Morgan fingerprint density at radius 2 is 2.05 bits per heavy atom. The second-order valence-electron chi connectivity index (χ2n) is 5.16. The van der Waals surface area contributed by atoms with E-state index in [-0.39, 0.29) is 0 Å². The van der Waals surface area contributed by atoms with Crippen LogP contribution in [0.25, 0.3) is 11.2 Å². The summed E-state index contributed by atoms with van der Waals surface area (Å²) in [5.41, 5.74) is 9.91. The molecule has 5 heteroatoms. The van der Waals surface area contributed by atoms with E-state index in [2.05, 4.69) is 44.5 Å². The van der Waals surface area contributed by atoms with Gasteiger partial charge in [-0.1, -0.05) is 18.2 Å². The van der Waals surface area contributed by atoms with Crippen molar-refractivity contribution in [2.75, 3.05) is 17.6 Å². The Labute approximate surface area is 116 Å². The number of fused-ring (bicyclic) bond motifs is 2. The van der Waals surface area contributed by atoms with E-state index < -0.39 is 0 Å². The summed E-state index contributed by atoms with van der Waals surface area (Å²) in [5, 5.41) is 3.44. The Bertz CT molecular complexity index is 777.